The minimum atomic E-state index is -3.77. The third-order valence-corrected chi connectivity index (χ3v) is 5.66. The zero-order valence-corrected chi connectivity index (χ0v) is 17.4. The summed E-state index contributed by atoms with van der Waals surface area (Å²) in [6.45, 7) is 2.53. The number of anilines is 2. The van der Waals surface area contributed by atoms with Crippen LogP contribution in [-0.4, -0.2) is 26.2 Å². The number of aromatic hydroxyl groups is 1. The Kier molecular flexibility index (Phi) is 8.79. The summed E-state index contributed by atoms with van der Waals surface area (Å²) in [6.07, 6.45) is 6.09. The Bertz CT molecular complexity index is 865. The summed E-state index contributed by atoms with van der Waals surface area (Å²) in [6, 6.07) is 11.5. The summed E-state index contributed by atoms with van der Waals surface area (Å²) in [5.41, 5.74) is 0.782. The number of benzene rings is 2. The smallest absolute Gasteiger partial charge is 0.411 e. The van der Waals surface area contributed by atoms with E-state index in [0.29, 0.717) is 18.0 Å². The molecule has 0 aliphatic heterocycles. The van der Waals surface area contributed by atoms with E-state index >= 15 is 0 Å². The van der Waals surface area contributed by atoms with Gasteiger partial charge in [0.25, 0.3) is 10.0 Å². The van der Waals surface area contributed by atoms with Crippen molar-refractivity contribution in [2.75, 3.05) is 16.6 Å². The van der Waals surface area contributed by atoms with Crippen LogP contribution in [0.5, 0.6) is 5.75 Å². The molecule has 0 saturated heterocycles. The highest BCUT2D eigenvalue weighted by Crippen LogP contribution is 2.20. The van der Waals surface area contributed by atoms with Crippen LogP contribution < -0.4 is 10.0 Å². The van der Waals surface area contributed by atoms with E-state index in [0.717, 1.165) is 19.3 Å². The van der Waals surface area contributed by atoms with Crippen LogP contribution in [0.25, 0.3) is 0 Å². The van der Waals surface area contributed by atoms with Crippen LogP contribution in [0.2, 0.25) is 0 Å². The van der Waals surface area contributed by atoms with Gasteiger partial charge in [0, 0.05) is 11.4 Å². The van der Waals surface area contributed by atoms with Crippen molar-refractivity contribution in [3.63, 3.8) is 0 Å². The molecule has 2 rings (SSSR count). The van der Waals surface area contributed by atoms with Crippen molar-refractivity contribution >= 4 is 27.5 Å². The van der Waals surface area contributed by atoms with Gasteiger partial charge >= 0.3 is 6.09 Å². The molecule has 7 nitrogen and oxygen atoms in total. The number of hydrogen-bond acceptors (Lipinski definition) is 5. The van der Waals surface area contributed by atoms with Crippen molar-refractivity contribution in [1.82, 2.24) is 0 Å². The predicted octanol–water partition coefficient (Wildman–Crippen LogP) is 5.10. The van der Waals surface area contributed by atoms with Crippen LogP contribution >= 0.6 is 0 Å². The first-order chi connectivity index (χ1) is 13.9. The van der Waals surface area contributed by atoms with Crippen molar-refractivity contribution in [3.8, 4) is 5.75 Å². The first-order valence-corrected chi connectivity index (χ1v) is 11.2. The van der Waals surface area contributed by atoms with Gasteiger partial charge in [0.05, 0.1) is 11.5 Å². The number of nitrogens with one attached hydrogen (secondary N) is 2. The minimum Gasteiger partial charge on any atom is -0.508 e. The van der Waals surface area contributed by atoms with Gasteiger partial charge in [0.1, 0.15) is 5.75 Å². The summed E-state index contributed by atoms with van der Waals surface area (Å²) in [7, 11) is -3.77. The molecule has 2 aromatic carbocycles. The van der Waals surface area contributed by atoms with Crippen molar-refractivity contribution in [2.24, 2.45) is 0 Å². The van der Waals surface area contributed by atoms with E-state index in [1.165, 1.54) is 67.8 Å². The molecule has 0 unspecified atom stereocenters. The predicted molar refractivity (Wildman–Crippen MR) is 114 cm³/mol. The number of carbonyl (C=O) groups is 1. The van der Waals surface area contributed by atoms with Gasteiger partial charge in [-0.15, -0.1) is 0 Å². The molecule has 8 heteroatoms. The largest absolute Gasteiger partial charge is 0.508 e. The topological polar surface area (TPSA) is 105 Å². The van der Waals surface area contributed by atoms with Crippen molar-refractivity contribution in [3.05, 3.63) is 48.5 Å². The number of sulfonamides is 1. The van der Waals surface area contributed by atoms with E-state index in [1.54, 1.807) is 0 Å². The Morgan fingerprint density at radius 1 is 0.897 bits per heavy atom. The lowest BCUT2D eigenvalue weighted by atomic mass is 10.1. The molecule has 0 aromatic heterocycles. The summed E-state index contributed by atoms with van der Waals surface area (Å²) < 4.78 is 32.4. The van der Waals surface area contributed by atoms with Crippen LogP contribution in [-0.2, 0) is 14.8 Å². The highest BCUT2D eigenvalue weighted by Gasteiger charge is 2.14. The van der Waals surface area contributed by atoms with Crippen LogP contribution in [0, 0.1) is 0 Å². The maximum atomic E-state index is 12.4. The fourth-order valence-electron chi connectivity index (χ4n) is 2.66. The second kappa shape index (κ2) is 11.3. The number of carbonyl (C=O) groups excluding carboxylic acids is 1. The Labute approximate surface area is 172 Å². The van der Waals surface area contributed by atoms with Gasteiger partial charge in [0.15, 0.2) is 0 Å². The lowest BCUT2D eigenvalue weighted by Gasteiger charge is -2.10. The van der Waals surface area contributed by atoms with Crippen LogP contribution in [0.3, 0.4) is 0 Å². The minimum absolute atomic E-state index is 0.0479. The maximum absolute atomic E-state index is 12.4. The van der Waals surface area contributed by atoms with E-state index in [-0.39, 0.29) is 10.6 Å². The number of phenols is 1. The molecule has 2 aromatic rings. The highest BCUT2D eigenvalue weighted by atomic mass is 32.2. The lowest BCUT2D eigenvalue weighted by molar-refractivity contribution is 0.159. The van der Waals surface area contributed by atoms with Gasteiger partial charge < -0.3 is 9.84 Å². The molecule has 0 radical (unpaired) electrons. The second-order valence-corrected chi connectivity index (χ2v) is 8.39. The number of ether oxygens (including phenoxy) is 1. The number of amides is 1. The Morgan fingerprint density at radius 3 is 2.14 bits per heavy atom. The van der Waals surface area contributed by atoms with E-state index in [2.05, 4.69) is 17.0 Å². The van der Waals surface area contributed by atoms with E-state index < -0.39 is 16.1 Å². The van der Waals surface area contributed by atoms with Crippen molar-refractivity contribution in [1.29, 1.82) is 0 Å². The average Bonchev–Trinajstić information content (AvgIpc) is 2.69. The third kappa shape index (κ3) is 8.03. The van der Waals surface area contributed by atoms with Gasteiger partial charge in [-0.05, 0) is 55.0 Å². The number of unbranched alkanes of at least 4 members (excludes halogenated alkanes) is 5. The molecular weight excluding hydrogens is 392 g/mol. The Morgan fingerprint density at radius 2 is 1.48 bits per heavy atom. The van der Waals surface area contributed by atoms with Gasteiger partial charge in [-0.3, -0.25) is 10.0 Å². The van der Waals surface area contributed by atoms with Gasteiger partial charge in [0.2, 0.25) is 0 Å². The molecule has 29 heavy (non-hydrogen) atoms. The zero-order valence-electron chi connectivity index (χ0n) is 16.6. The Hall–Kier alpha value is -2.74. The summed E-state index contributed by atoms with van der Waals surface area (Å²) in [4.78, 5) is 11.9. The fraction of sp³-hybridized carbons (Fsp3) is 0.381. The molecule has 0 atom stereocenters. The molecular formula is C21H28N2O5S. The third-order valence-electron chi connectivity index (χ3n) is 4.26. The molecule has 0 fully saturated rings. The molecule has 0 saturated carbocycles. The zero-order chi connectivity index (χ0) is 21.1. The van der Waals surface area contributed by atoms with Crippen LogP contribution in [0.1, 0.15) is 45.4 Å². The molecule has 0 bridgehead atoms. The van der Waals surface area contributed by atoms with Crippen molar-refractivity contribution in [2.45, 2.75) is 50.3 Å². The molecule has 0 spiro atoms. The molecule has 0 aliphatic carbocycles. The van der Waals surface area contributed by atoms with E-state index in [9.17, 15) is 18.3 Å². The van der Waals surface area contributed by atoms with E-state index in [1.807, 2.05) is 0 Å². The number of hydrogen-bond donors (Lipinski definition) is 3. The lowest BCUT2D eigenvalue weighted by Crippen LogP contribution is -2.15. The van der Waals surface area contributed by atoms with Crippen molar-refractivity contribution < 1.29 is 23.1 Å². The maximum Gasteiger partial charge on any atom is 0.411 e. The van der Waals surface area contributed by atoms with Crippen LogP contribution in [0.15, 0.2) is 53.4 Å². The first-order valence-electron chi connectivity index (χ1n) is 9.76. The summed E-state index contributed by atoms with van der Waals surface area (Å²) in [5, 5.41) is 11.8. The molecule has 0 heterocycles. The second-order valence-electron chi connectivity index (χ2n) is 6.71. The quantitative estimate of drug-likeness (QED) is 0.346. The molecule has 3 N–H and O–H groups in total. The number of rotatable bonds is 11. The molecule has 1 amide bonds. The Balaban J connectivity index is 1.80. The first kappa shape index (κ1) is 22.5. The average molecular weight is 421 g/mol. The molecule has 158 valence electrons. The van der Waals surface area contributed by atoms with Gasteiger partial charge in [-0.1, -0.05) is 39.0 Å². The standard InChI is InChI=1S/C21H28N2O5S/c1-2-3-4-5-6-7-16-28-21(25)22-17-10-14-20(15-11-17)29(26,27)23-18-8-12-19(24)13-9-18/h8-15,23-24H,2-7,16H2,1H3,(H,22,25). The fourth-order valence-corrected chi connectivity index (χ4v) is 3.72. The highest BCUT2D eigenvalue weighted by molar-refractivity contribution is 7.92. The SMILES string of the molecule is CCCCCCCCOC(=O)Nc1ccc(S(=O)(=O)Nc2ccc(O)cc2)cc1. The van der Waals surface area contributed by atoms with Crippen LogP contribution in [0.4, 0.5) is 16.2 Å². The van der Waals surface area contributed by atoms with Gasteiger partial charge in [-0.25, -0.2) is 13.2 Å². The van der Waals surface area contributed by atoms with E-state index in [4.69, 9.17) is 4.74 Å². The molecule has 0 aliphatic rings. The summed E-state index contributed by atoms with van der Waals surface area (Å²) >= 11 is 0. The normalized spacial score (nSPS) is 11.1. The summed E-state index contributed by atoms with van der Waals surface area (Å²) in [5.74, 6) is 0.0479. The number of phenolic OH excluding ortho intramolecular Hbond substituents is 1. The van der Waals surface area contributed by atoms with Gasteiger partial charge in [-0.2, -0.15) is 0 Å². The monoisotopic (exact) mass is 420 g/mol.